The number of nitrogens with zero attached hydrogens (tertiary/aromatic N) is 2. The predicted octanol–water partition coefficient (Wildman–Crippen LogP) is 1.29. The van der Waals surface area contributed by atoms with Gasteiger partial charge in [-0.3, -0.25) is 0 Å². The van der Waals surface area contributed by atoms with Gasteiger partial charge in [0.05, 0.1) is 17.0 Å². The van der Waals surface area contributed by atoms with E-state index in [0.717, 1.165) is 12.0 Å². The Balaban J connectivity index is 1.81. The van der Waals surface area contributed by atoms with Gasteiger partial charge < -0.3 is 15.3 Å². The fraction of sp³-hybridized carbons (Fsp3) is 0.632. The highest BCUT2D eigenvalue weighted by Gasteiger charge is 2.41. The summed E-state index contributed by atoms with van der Waals surface area (Å²) in [5.41, 5.74) is 1.19. The van der Waals surface area contributed by atoms with Crippen LogP contribution in [0, 0.1) is 0 Å². The lowest BCUT2D eigenvalue weighted by molar-refractivity contribution is 0.0482. The van der Waals surface area contributed by atoms with Gasteiger partial charge in [-0.2, -0.15) is 0 Å². The number of benzene rings is 1. The average molecular weight is 380 g/mol. The minimum Gasteiger partial charge on any atom is -0.383 e. The lowest BCUT2D eigenvalue weighted by atomic mass is 9.96. The zero-order chi connectivity index (χ0) is 19.0. The molecule has 0 bridgehead atoms. The normalized spacial score (nSPS) is 27.2. The van der Waals surface area contributed by atoms with Crippen molar-refractivity contribution in [2.45, 2.75) is 44.0 Å². The van der Waals surface area contributed by atoms with Crippen molar-refractivity contribution in [3.05, 3.63) is 35.4 Å². The highest BCUT2D eigenvalue weighted by atomic mass is 32.2. The van der Waals surface area contributed by atoms with E-state index in [1.165, 1.54) is 5.56 Å². The number of aryl methyl sites for hydroxylation is 1. The van der Waals surface area contributed by atoms with Gasteiger partial charge >= 0.3 is 0 Å². The van der Waals surface area contributed by atoms with E-state index in [9.17, 15) is 13.5 Å². The Morgan fingerprint density at radius 2 is 2.08 bits per heavy atom. The first-order chi connectivity index (χ1) is 12.2. The van der Waals surface area contributed by atoms with Gasteiger partial charge in [0.15, 0.2) is 15.8 Å². The molecule has 1 aromatic rings. The number of nitrogens with one attached hydrogen (secondary N) is 1. The third kappa shape index (κ3) is 3.47. The first-order valence-corrected chi connectivity index (χ1v) is 10.9. The molecular formula is C19H29N3O3S. The molecule has 1 aliphatic heterocycles. The molecule has 0 aromatic heterocycles. The molecule has 144 valence electrons. The zero-order valence-electron chi connectivity index (χ0n) is 15.8. The van der Waals surface area contributed by atoms with Gasteiger partial charge in [-0.15, -0.1) is 0 Å². The topological polar surface area (TPSA) is 82.0 Å². The number of aliphatic hydroxyl groups is 1. The molecule has 1 unspecified atom stereocenters. The Labute approximate surface area is 156 Å². The number of rotatable bonds is 3. The van der Waals surface area contributed by atoms with Crippen molar-refractivity contribution in [3.8, 4) is 0 Å². The van der Waals surface area contributed by atoms with E-state index in [-0.39, 0.29) is 12.3 Å². The Bertz CT molecular complexity index is 804. The third-order valence-electron chi connectivity index (χ3n) is 5.49. The van der Waals surface area contributed by atoms with Crippen LogP contribution in [0.4, 0.5) is 0 Å². The number of guanidine groups is 1. The summed E-state index contributed by atoms with van der Waals surface area (Å²) >= 11 is 0. The molecule has 1 fully saturated rings. The van der Waals surface area contributed by atoms with E-state index >= 15 is 0 Å². The Morgan fingerprint density at radius 1 is 1.35 bits per heavy atom. The van der Waals surface area contributed by atoms with Gasteiger partial charge in [0.25, 0.3) is 0 Å². The van der Waals surface area contributed by atoms with Crippen molar-refractivity contribution in [2.75, 3.05) is 31.9 Å². The van der Waals surface area contributed by atoms with Crippen molar-refractivity contribution >= 4 is 15.8 Å². The van der Waals surface area contributed by atoms with Gasteiger partial charge in [0.1, 0.15) is 5.60 Å². The van der Waals surface area contributed by atoms with Gasteiger partial charge in [-0.05, 0) is 44.7 Å². The van der Waals surface area contributed by atoms with Gasteiger partial charge in [0.2, 0.25) is 0 Å². The molecule has 7 heteroatoms. The number of aliphatic imine (C=N–C) groups is 1. The van der Waals surface area contributed by atoms with Gasteiger partial charge in [-0.1, -0.05) is 24.3 Å². The lowest BCUT2D eigenvalue weighted by Gasteiger charge is -2.39. The number of sulfone groups is 1. The molecule has 1 aliphatic carbocycles. The number of hydrogen-bond acceptors (Lipinski definition) is 4. The summed E-state index contributed by atoms with van der Waals surface area (Å²) in [6, 6.07) is 7.97. The van der Waals surface area contributed by atoms with Crippen LogP contribution in [-0.2, 0) is 21.9 Å². The summed E-state index contributed by atoms with van der Waals surface area (Å²) in [4.78, 5) is 6.68. The predicted molar refractivity (Wildman–Crippen MR) is 104 cm³/mol. The van der Waals surface area contributed by atoms with Crippen LogP contribution < -0.4 is 5.32 Å². The van der Waals surface area contributed by atoms with Crippen molar-refractivity contribution < 1.29 is 13.5 Å². The lowest BCUT2D eigenvalue weighted by Crippen LogP contribution is -2.57. The second-order valence-electron chi connectivity index (χ2n) is 7.86. The van der Waals surface area contributed by atoms with Crippen molar-refractivity contribution in [1.82, 2.24) is 10.2 Å². The first kappa shape index (κ1) is 19.2. The summed E-state index contributed by atoms with van der Waals surface area (Å²) in [7, 11) is -3.10. The maximum Gasteiger partial charge on any atom is 0.194 e. The molecule has 3 rings (SSSR count). The maximum atomic E-state index is 12.3. The summed E-state index contributed by atoms with van der Waals surface area (Å²) in [5.74, 6) is 0.797. The summed E-state index contributed by atoms with van der Waals surface area (Å²) < 4.78 is 23.7. The molecule has 1 atom stereocenters. The van der Waals surface area contributed by atoms with Crippen molar-refractivity contribution in [3.63, 3.8) is 0 Å². The SMILES string of the molecule is CCNC(=NCC1(O)CCc2ccccc21)N1CCS(=O)(=O)C(C)(C)C1. The standard InChI is InChI=1S/C19H29N3O3S/c1-4-20-17(22-11-12-26(24,25)18(2,3)14-22)21-13-19(23)10-9-15-7-5-6-8-16(15)19/h5-8,23H,4,9-14H2,1-3H3,(H,20,21). The highest BCUT2D eigenvalue weighted by Crippen LogP contribution is 2.37. The zero-order valence-corrected chi connectivity index (χ0v) is 16.6. The Hall–Kier alpha value is -1.60. The van der Waals surface area contributed by atoms with Crippen molar-refractivity contribution in [2.24, 2.45) is 4.99 Å². The molecular weight excluding hydrogens is 350 g/mol. The molecule has 1 saturated heterocycles. The summed E-state index contributed by atoms with van der Waals surface area (Å²) in [6.45, 7) is 7.30. The molecule has 0 radical (unpaired) electrons. The Morgan fingerprint density at radius 3 is 2.77 bits per heavy atom. The largest absolute Gasteiger partial charge is 0.383 e. The second-order valence-corrected chi connectivity index (χ2v) is 10.6. The van der Waals surface area contributed by atoms with E-state index in [0.29, 0.717) is 32.0 Å². The molecule has 0 spiro atoms. The minimum absolute atomic E-state index is 0.123. The fourth-order valence-electron chi connectivity index (χ4n) is 3.79. The van der Waals surface area contributed by atoms with E-state index in [2.05, 4.69) is 16.4 Å². The fourth-order valence-corrected chi connectivity index (χ4v) is 5.15. The molecule has 1 aromatic carbocycles. The molecule has 26 heavy (non-hydrogen) atoms. The van der Waals surface area contributed by atoms with E-state index < -0.39 is 20.2 Å². The minimum atomic E-state index is -3.10. The highest BCUT2D eigenvalue weighted by molar-refractivity contribution is 7.92. The van der Waals surface area contributed by atoms with E-state index in [1.807, 2.05) is 30.0 Å². The van der Waals surface area contributed by atoms with Crippen LogP contribution in [-0.4, -0.2) is 61.1 Å². The van der Waals surface area contributed by atoms with Crippen LogP contribution in [0.2, 0.25) is 0 Å². The van der Waals surface area contributed by atoms with Crippen molar-refractivity contribution in [1.29, 1.82) is 0 Å². The smallest absolute Gasteiger partial charge is 0.194 e. The van der Waals surface area contributed by atoms with Gasteiger partial charge in [-0.25, -0.2) is 13.4 Å². The first-order valence-electron chi connectivity index (χ1n) is 9.25. The molecule has 2 aliphatic rings. The number of hydrogen-bond donors (Lipinski definition) is 2. The van der Waals surface area contributed by atoms with Crippen LogP contribution in [0.15, 0.2) is 29.3 Å². The molecule has 1 heterocycles. The van der Waals surface area contributed by atoms with Gasteiger partial charge in [0, 0.05) is 19.6 Å². The third-order valence-corrected chi connectivity index (χ3v) is 8.03. The van der Waals surface area contributed by atoms with Crippen LogP contribution in [0.25, 0.3) is 0 Å². The monoisotopic (exact) mass is 379 g/mol. The molecule has 0 saturated carbocycles. The Kier molecular flexibility index (Phi) is 5.05. The second kappa shape index (κ2) is 6.85. The average Bonchev–Trinajstić information content (AvgIpc) is 2.92. The molecule has 0 amide bonds. The summed E-state index contributed by atoms with van der Waals surface area (Å²) in [5, 5.41) is 14.3. The van der Waals surface area contributed by atoms with E-state index in [4.69, 9.17) is 0 Å². The number of fused-ring (bicyclic) bond motifs is 1. The maximum absolute atomic E-state index is 12.3. The van der Waals surface area contributed by atoms with Crippen LogP contribution >= 0.6 is 0 Å². The van der Waals surface area contributed by atoms with Crippen LogP contribution in [0.3, 0.4) is 0 Å². The molecule has 2 N–H and O–H groups in total. The molecule has 6 nitrogen and oxygen atoms in total. The van der Waals surface area contributed by atoms with Crippen LogP contribution in [0.5, 0.6) is 0 Å². The van der Waals surface area contributed by atoms with E-state index in [1.54, 1.807) is 13.8 Å². The van der Waals surface area contributed by atoms with Crippen LogP contribution in [0.1, 0.15) is 38.3 Å². The summed E-state index contributed by atoms with van der Waals surface area (Å²) in [6.07, 6.45) is 1.52. The quantitative estimate of drug-likeness (QED) is 0.611.